The Balaban J connectivity index is 1.63. The van der Waals surface area contributed by atoms with Crippen LogP contribution in [-0.2, 0) is 16.1 Å². The van der Waals surface area contributed by atoms with Crippen LogP contribution >= 0.6 is 27.3 Å². The van der Waals surface area contributed by atoms with Crippen LogP contribution in [0.3, 0.4) is 0 Å². The van der Waals surface area contributed by atoms with Gasteiger partial charge in [-0.2, -0.15) is 0 Å². The Bertz CT molecular complexity index is 1740. The van der Waals surface area contributed by atoms with Gasteiger partial charge >= 0.3 is 5.97 Å². The third kappa shape index (κ3) is 5.51. The van der Waals surface area contributed by atoms with Crippen molar-refractivity contribution in [3.8, 4) is 5.75 Å². The zero-order valence-corrected chi connectivity index (χ0v) is 23.6. The number of thiazole rings is 1. The van der Waals surface area contributed by atoms with E-state index in [1.54, 1.807) is 22.8 Å². The Morgan fingerprint density at radius 2 is 1.87 bits per heavy atom. The number of aromatic nitrogens is 1. The SMILES string of the molecule is CCC1=C(C(=O)OC)[C@@H](c2ccccc2)n2c(s/c(=C\c3cc(Br)ccc3OCc3ccc(F)cc3)c2=O)=N1. The highest BCUT2D eigenvalue weighted by Gasteiger charge is 2.33. The van der Waals surface area contributed by atoms with E-state index in [9.17, 15) is 14.0 Å². The highest BCUT2D eigenvalue weighted by molar-refractivity contribution is 9.10. The average Bonchev–Trinajstić information content (AvgIpc) is 3.26. The fourth-order valence-corrected chi connectivity index (χ4v) is 5.85. The van der Waals surface area contributed by atoms with Crippen molar-refractivity contribution in [1.29, 1.82) is 0 Å². The van der Waals surface area contributed by atoms with E-state index in [0.717, 1.165) is 15.6 Å². The molecule has 4 aromatic rings. The summed E-state index contributed by atoms with van der Waals surface area (Å²) in [4.78, 5) is 32.0. The first kappa shape index (κ1) is 26.8. The smallest absolute Gasteiger partial charge is 0.338 e. The number of rotatable bonds is 7. The van der Waals surface area contributed by atoms with Crippen LogP contribution in [0.1, 0.15) is 36.1 Å². The van der Waals surface area contributed by atoms with Gasteiger partial charge in [-0.25, -0.2) is 14.2 Å². The van der Waals surface area contributed by atoms with Crippen LogP contribution in [0.25, 0.3) is 6.08 Å². The van der Waals surface area contributed by atoms with Gasteiger partial charge < -0.3 is 9.47 Å². The lowest BCUT2D eigenvalue weighted by Crippen LogP contribution is -2.40. The summed E-state index contributed by atoms with van der Waals surface area (Å²) in [7, 11) is 1.33. The third-order valence-corrected chi connectivity index (χ3v) is 7.81. The van der Waals surface area contributed by atoms with Gasteiger partial charge in [0.2, 0.25) is 0 Å². The lowest BCUT2D eigenvalue weighted by atomic mass is 9.95. The van der Waals surface area contributed by atoms with Crippen molar-refractivity contribution in [3.05, 3.63) is 131 Å². The molecular weight excluding hydrogens is 583 g/mol. The minimum absolute atomic E-state index is 0.236. The minimum atomic E-state index is -0.663. The van der Waals surface area contributed by atoms with Gasteiger partial charge in [0.05, 0.1) is 29.0 Å². The lowest BCUT2D eigenvalue weighted by Gasteiger charge is -2.25. The number of nitrogens with zero attached hydrogens (tertiary/aromatic N) is 2. The van der Waals surface area contributed by atoms with Crippen LogP contribution in [0, 0.1) is 5.82 Å². The maximum absolute atomic E-state index is 13.9. The quantitative estimate of drug-likeness (QED) is 0.268. The third-order valence-electron chi connectivity index (χ3n) is 6.33. The van der Waals surface area contributed by atoms with Crippen LogP contribution in [0.2, 0.25) is 0 Å². The van der Waals surface area contributed by atoms with Gasteiger partial charge in [-0.3, -0.25) is 9.36 Å². The topological polar surface area (TPSA) is 69.9 Å². The predicted molar refractivity (Wildman–Crippen MR) is 152 cm³/mol. The van der Waals surface area contributed by atoms with E-state index in [0.29, 0.717) is 38.3 Å². The number of methoxy groups -OCH3 is 1. The van der Waals surface area contributed by atoms with Gasteiger partial charge in [0.25, 0.3) is 5.56 Å². The highest BCUT2D eigenvalue weighted by atomic mass is 79.9. The molecule has 198 valence electrons. The first-order valence-electron chi connectivity index (χ1n) is 12.2. The maximum Gasteiger partial charge on any atom is 0.338 e. The van der Waals surface area contributed by atoms with Gasteiger partial charge in [-0.15, -0.1) is 0 Å². The summed E-state index contributed by atoms with van der Waals surface area (Å²) in [6.07, 6.45) is 2.27. The van der Waals surface area contributed by atoms with E-state index in [1.165, 1.54) is 30.6 Å². The summed E-state index contributed by atoms with van der Waals surface area (Å²) in [6.45, 7) is 2.16. The van der Waals surface area contributed by atoms with E-state index < -0.39 is 12.0 Å². The zero-order chi connectivity index (χ0) is 27.5. The number of benzene rings is 3. The molecule has 39 heavy (non-hydrogen) atoms. The Kier molecular flexibility index (Phi) is 7.90. The summed E-state index contributed by atoms with van der Waals surface area (Å²) in [6, 6.07) is 20.4. The van der Waals surface area contributed by atoms with Crippen LogP contribution < -0.4 is 19.6 Å². The summed E-state index contributed by atoms with van der Waals surface area (Å²) < 4.78 is 27.3. The number of allylic oxidation sites excluding steroid dienone is 1. The molecule has 0 amide bonds. The highest BCUT2D eigenvalue weighted by Crippen LogP contribution is 2.32. The number of hydrogen-bond donors (Lipinski definition) is 0. The van der Waals surface area contributed by atoms with Gasteiger partial charge in [-0.05, 0) is 54.0 Å². The molecule has 0 spiro atoms. The van der Waals surface area contributed by atoms with E-state index in [4.69, 9.17) is 14.5 Å². The van der Waals surface area contributed by atoms with Gasteiger partial charge in [0, 0.05) is 10.0 Å². The van der Waals surface area contributed by atoms with Crippen molar-refractivity contribution < 1.29 is 18.7 Å². The Hall–Kier alpha value is -3.82. The molecule has 0 radical (unpaired) electrons. The Morgan fingerprint density at radius 3 is 2.56 bits per heavy atom. The van der Waals surface area contributed by atoms with Crippen LogP contribution in [-0.4, -0.2) is 17.6 Å². The Morgan fingerprint density at radius 1 is 1.13 bits per heavy atom. The van der Waals surface area contributed by atoms with E-state index in [1.807, 2.05) is 55.5 Å². The zero-order valence-electron chi connectivity index (χ0n) is 21.2. The molecule has 9 heteroatoms. The molecule has 0 N–H and O–H groups in total. The summed E-state index contributed by atoms with van der Waals surface area (Å²) in [5, 5.41) is 0. The summed E-state index contributed by atoms with van der Waals surface area (Å²) in [5.41, 5.74) is 2.97. The van der Waals surface area contributed by atoms with E-state index in [2.05, 4.69) is 15.9 Å². The Labute approximate surface area is 236 Å². The van der Waals surface area contributed by atoms with Crippen molar-refractivity contribution >= 4 is 39.3 Å². The molecule has 0 unspecified atom stereocenters. The fourth-order valence-electron chi connectivity index (χ4n) is 4.46. The number of fused-ring (bicyclic) bond motifs is 1. The molecule has 0 aliphatic carbocycles. The maximum atomic E-state index is 13.9. The van der Waals surface area contributed by atoms with Crippen LogP contribution in [0.4, 0.5) is 4.39 Å². The number of ether oxygens (including phenoxy) is 2. The lowest BCUT2D eigenvalue weighted by molar-refractivity contribution is -0.136. The number of halogens is 2. The molecule has 0 fully saturated rings. The molecular formula is C30H24BrFN2O4S. The van der Waals surface area contributed by atoms with Crippen molar-refractivity contribution in [3.63, 3.8) is 0 Å². The molecule has 6 nitrogen and oxygen atoms in total. The number of esters is 1. The first-order chi connectivity index (χ1) is 18.9. The molecule has 0 bridgehead atoms. The molecule has 5 rings (SSSR count). The monoisotopic (exact) mass is 606 g/mol. The van der Waals surface area contributed by atoms with E-state index >= 15 is 0 Å². The van der Waals surface area contributed by atoms with Crippen molar-refractivity contribution in [1.82, 2.24) is 4.57 Å². The first-order valence-corrected chi connectivity index (χ1v) is 13.9. The summed E-state index contributed by atoms with van der Waals surface area (Å²) in [5.74, 6) is -0.256. The van der Waals surface area contributed by atoms with Gasteiger partial charge in [0.15, 0.2) is 4.80 Å². The van der Waals surface area contributed by atoms with E-state index in [-0.39, 0.29) is 18.0 Å². The average molecular weight is 608 g/mol. The van der Waals surface area contributed by atoms with Crippen LogP contribution in [0.5, 0.6) is 5.75 Å². The number of carbonyl (C=O) groups is 1. The molecule has 1 atom stereocenters. The summed E-state index contributed by atoms with van der Waals surface area (Å²) >= 11 is 4.76. The minimum Gasteiger partial charge on any atom is -0.488 e. The molecule has 3 aromatic carbocycles. The van der Waals surface area contributed by atoms with Gasteiger partial charge in [-0.1, -0.05) is 76.7 Å². The number of carbonyl (C=O) groups excluding carboxylic acids is 1. The fraction of sp³-hybridized carbons (Fsp3) is 0.167. The molecule has 2 heterocycles. The predicted octanol–water partition coefficient (Wildman–Crippen LogP) is 5.28. The van der Waals surface area contributed by atoms with Gasteiger partial charge in [0.1, 0.15) is 18.2 Å². The molecule has 1 aromatic heterocycles. The second kappa shape index (κ2) is 11.5. The van der Waals surface area contributed by atoms with Crippen molar-refractivity contribution in [2.45, 2.75) is 26.0 Å². The molecule has 1 aliphatic rings. The van der Waals surface area contributed by atoms with Crippen molar-refractivity contribution in [2.75, 3.05) is 7.11 Å². The normalized spacial score (nSPS) is 15.1. The largest absolute Gasteiger partial charge is 0.488 e. The molecule has 1 aliphatic heterocycles. The second-order valence-corrected chi connectivity index (χ2v) is 10.7. The standard InChI is InChI=1S/C30H24BrFN2O4S/c1-3-23-26(29(36)37-2)27(19-7-5-4-6-8-19)34-28(35)25(39-30(34)33-23)16-20-15-21(31)11-14-24(20)38-17-18-9-12-22(32)13-10-18/h4-16,27H,3,17H2,1-2H3/b25-16-/t27-/m1/s1. The second-order valence-electron chi connectivity index (χ2n) is 8.80. The van der Waals surface area contributed by atoms with Crippen molar-refractivity contribution in [2.24, 2.45) is 4.99 Å². The molecule has 0 saturated carbocycles. The molecule has 0 saturated heterocycles. The number of hydrogen-bond acceptors (Lipinski definition) is 6. The van der Waals surface area contributed by atoms with Crippen LogP contribution in [0.15, 0.2) is 98.3 Å².